The van der Waals surface area contributed by atoms with Gasteiger partial charge in [-0.25, -0.2) is 8.93 Å². The molecular formula is C11H15F3N2O2S. The van der Waals surface area contributed by atoms with Gasteiger partial charge in [-0.3, -0.25) is 0 Å². The number of nitrogens with one attached hydrogen (secondary N) is 1. The molecule has 1 rings (SSSR count). The Morgan fingerprint density at radius 2 is 2.11 bits per heavy atom. The van der Waals surface area contributed by atoms with Gasteiger partial charge in [0.05, 0.1) is 17.0 Å². The van der Waals surface area contributed by atoms with Gasteiger partial charge in [-0.05, 0) is 32.2 Å². The molecule has 19 heavy (non-hydrogen) atoms. The van der Waals surface area contributed by atoms with E-state index in [0.717, 1.165) is 0 Å². The summed E-state index contributed by atoms with van der Waals surface area (Å²) in [5, 5.41) is 0. The number of benzene rings is 1. The van der Waals surface area contributed by atoms with Gasteiger partial charge in [0.15, 0.2) is 0 Å². The molecule has 0 saturated carbocycles. The molecule has 0 fully saturated rings. The van der Waals surface area contributed by atoms with Crippen LogP contribution in [0.15, 0.2) is 23.1 Å². The van der Waals surface area contributed by atoms with Crippen LogP contribution in [0, 0.1) is 0 Å². The highest BCUT2D eigenvalue weighted by molar-refractivity contribution is 7.83. The number of nitrogens with two attached hydrogens (primary N) is 1. The average Bonchev–Trinajstić information content (AvgIpc) is 2.28. The summed E-state index contributed by atoms with van der Waals surface area (Å²) < 4.78 is 55.6. The first kappa shape index (κ1) is 15.8. The first-order valence-electron chi connectivity index (χ1n) is 5.45. The van der Waals surface area contributed by atoms with E-state index in [1.807, 2.05) is 0 Å². The van der Waals surface area contributed by atoms with Crippen LogP contribution in [0.4, 0.5) is 18.9 Å². The number of alkyl halides is 3. The van der Waals surface area contributed by atoms with Crippen molar-refractivity contribution in [2.24, 2.45) is 0 Å². The molecule has 3 N–H and O–H groups in total. The first-order chi connectivity index (χ1) is 8.73. The number of anilines is 1. The lowest BCUT2D eigenvalue weighted by Crippen LogP contribution is -2.22. The average molecular weight is 296 g/mol. The van der Waals surface area contributed by atoms with Gasteiger partial charge >= 0.3 is 6.18 Å². The monoisotopic (exact) mass is 296 g/mol. The highest BCUT2D eigenvalue weighted by atomic mass is 32.2. The van der Waals surface area contributed by atoms with Crippen molar-refractivity contribution in [1.82, 2.24) is 4.72 Å². The topological polar surface area (TPSA) is 64.3 Å². The lowest BCUT2D eigenvalue weighted by Gasteiger charge is -2.18. The summed E-state index contributed by atoms with van der Waals surface area (Å²) in [6.45, 7) is 1.31. The minimum atomic E-state index is -4.29. The molecule has 4 nitrogen and oxygen atoms in total. The second-order valence-corrected chi connectivity index (χ2v) is 5.34. The molecule has 0 aliphatic carbocycles. The number of halogens is 3. The molecule has 8 heteroatoms. The molecule has 0 heterocycles. The van der Waals surface area contributed by atoms with Crippen LogP contribution in [0.2, 0.25) is 0 Å². The fraction of sp³-hybridized carbons (Fsp3) is 0.455. The lowest BCUT2D eigenvalue weighted by atomic mass is 10.2. The molecule has 1 aromatic rings. The number of ether oxygens (including phenoxy) is 1. The Morgan fingerprint density at radius 1 is 1.47 bits per heavy atom. The minimum absolute atomic E-state index is 0.147. The number of nitrogen functional groups attached to an aromatic ring is 1. The molecule has 0 aromatic heterocycles. The first-order valence-corrected chi connectivity index (χ1v) is 6.60. The number of hydrogen-bond acceptors (Lipinski definition) is 3. The smallest absolute Gasteiger partial charge is 0.392 e. The standard InChI is InChI=1S/C11H15F3N2O2S/c1-7(6-11(12,13)14)18-10-4-3-8(5-9(10)15)19(17)16-2/h3-5,7,16H,6,15H2,1-2H3. The van der Waals surface area contributed by atoms with E-state index in [1.54, 1.807) is 0 Å². The summed E-state index contributed by atoms with van der Waals surface area (Å²) in [6.07, 6.45) is -6.39. The number of rotatable bonds is 5. The highest BCUT2D eigenvalue weighted by Gasteiger charge is 2.31. The molecule has 1 aromatic carbocycles. The fourth-order valence-corrected chi connectivity index (χ4v) is 2.11. The quantitative estimate of drug-likeness (QED) is 0.819. The van der Waals surface area contributed by atoms with Gasteiger partial charge in [0.2, 0.25) is 0 Å². The van der Waals surface area contributed by atoms with Crippen LogP contribution in [-0.2, 0) is 11.0 Å². The minimum Gasteiger partial charge on any atom is -0.488 e. The van der Waals surface area contributed by atoms with Gasteiger partial charge < -0.3 is 10.5 Å². The van der Waals surface area contributed by atoms with E-state index in [2.05, 4.69) is 4.72 Å². The van der Waals surface area contributed by atoms with Crippen LogP contribution in [0.3, 0.4) is 0 Å². The van der Waals surface area contributed by atoms with Crippen molar-refractivity contribution in [2.45, 2.75) is 30.5 Å². The third-order valence-electron chi connectivity index (χ3n) is 2.23. The Hall–Kier alpha value is -1.28. The zero-order chi connectivity index (χ0) is 14.6. The van der Waals surface area contributed by atoms with Gasteiger partial charge in [-0.15, -0.1) is 0 Å². The Balaban J connectivity index is 2.78. The van der Waals surface area contributed by atoms with Crippen molar-refractivity contribution in [3.63, 3.8) is 0 Å². The molecular weight excluding hydrogens is 281 g/mol. The van der Waals surface area contributed by atoms with Gasteiger partial charge in [-0.2, -0.15) is 13.2 Å². The molecule has 0 aliphatic heterocycles. The molecule has 0 bridgehead atoms. The van der Waals surface area contributed by atoms with Crippen molar-refractivity contribution >= 4 is 16.7 Å². The van der Waals surface area contributed by atoms with Crippen molar-refractivity contribution in [3.8, 4) is 5.75 Å². The van der Waals surface area contributed by atoms with E-state index >= 15 is 0 Å². The second kappa shape index (κ2) is 6.25. The largest absolute Gasteiger partial charge is 0.488 e. The van der Waals surface area contributed by atoms with Crippen molar-refractivity contribution < 1.29 is 22.1 Å². The van der Waals surface area contributed by atoms with E-state index in [-0.39, 0.29) is 11.4 Å². The van der Waals surface area contributed by atoms with Crippen molar-refractivity contribution in [3.05, 3.63) is 18.2 Å². The normalized spacial score (nSPS) is 15.0. The van der Waals surface area contributed by atoms with E-state index < -0.39 is 29.7 Å². The second-order valence-electron chi connectivity index (χ2n) is 3.92. The molecule has 2 unspecified atom stereocenters. The third kappa shape index (κ3) is 5.07. The number of hydrogen-bond donors (Lipinski definition) is 2. The van der Waals surface area contributed by atoms with Crippen LogP contribution >= 0.6 is 0 Å². The van der Waals surface area contributed by atoms with Gasteiger partial charge in [0.25, 0.3) is 0 Å². The van der Waals surface area contributed by atoms with Crippen molar-refractivity contribution in [2.75, 3.05) is 12.8 Å². The Kier molecular flexibility index (Phi) is 5.19. The SMILES string of the molecule is CNS(=O)c1ccc(OC(C)CC(F)(F)F)c(N)c1. The summed E-state index contributed by atoms with van der Waals surface area (Å²) in [4.78, 5) is 0.427. The van der Waals surface area contributed by atoms with Crippen LogP contribution in [0.25, 0.3) is 0 Å². The molecule has 0 radical (unpaired) electrons. The summed E-state index contributed by atoms with van der Waals surface area (Å²) >= 11 is 0. The van der Waals surface area contributed by atoms with Gasteiger partial charge in [-0.1, -0.05) is 0 Å². The predicted molar refractivity (Wildman–Crippen MR) is 67.1 cm³/mol. The third-order valence-corrected chi connectivity index (χ3v) is 3.28. The Labute approximate surface area is 111 Å². The summed E-state index contributed by atoms with van der Waals surface area (Å²) in [7, 11) is 0.113. The lowest BCUT2D eigenvalue weighted by molar-refractivity contribution is -0.148. The van der Waals surface area contributed by atoms with Gasteiger partial charge in [0.1, 0.15) is 22.8 Å². The fourth-order valence-electron chi connectivity index (χ4n) is 1.45. The molecule has 0 amide bonds. The summed E-state index contributed by atoms with van der Waals surface area (Å²) in [5.74, 6) is 0.147. The van der Waals surface area contributed by atoms with Crippen LogP contribution in [0.1, 0.15) is 13.3 Å². The maximum absolute atomic E-state index is 12.2. The summed E-state index contributed by atoms with van der Waals surface area (Å²) in [5.41, 5.74) is 5.81. The molecule has 0 aliphatic rings. The Morgan fingerprint density at radius 3 is 2.58 bits per heavy atom. The maximum atomic E-state index is 12.2. The van der Waals surface area contributed by atoms with Crippen LogP contribution < -0.4 is 15.2 Å². The molecule has 0 spiro atoms. The maximum Gasteiger partial charge on any atom is 0.392 e. The highest BCUT2D eigenvalue weighted by Crippen LogP contribution is 2.28. The zero-order valence-electron chi connectivity index (χ0n) is 10.5. The Bertz CT molecular complexity index is 466. The molecule has 108 valence electrons. The van der Waals surface area contributed by atoms with E-state index in [0.29, 0.717) is 4.90 Å². The van der Waals surface area contributed by atoms with E-state index in [9.17, 15) is 17.4 Å². The van der Waals surface area contributed by atoms with E-state index in [4.69, 9.17) is 10.5 Å². The molecule has 2 atom stereocenters. The zero-order valence-corrected chi connectivity index (χ0v) is 11.3. The molecule has 0 saturated heterocycles. The van der Waals surface area contributed by atoms with Crippen molar-refractivity contribution in [1.29, 1.82) is 0 Å². The predicted octanol–water partition coefficient (Wildman–Crippen LogP) is 2.23. The van der Waals surface area contributed by atoms with Crippen LogP contribution in [-0.4, -0.2) is 23.5 Å². The van der Waals surface area contributed by atoms with E-state index in [1.165, 1.54) is 32.2 Å². The summed E-state index contributed by atoms with van der Waals surface area (Å²) in [6, 6.07) is 4.30. The van der Waals surface area contributed by atoms with Crippen LogP contribution in [0.5, 0.6) is 5.75 Å². The van der Waals surface area contributed by atoms with Gasteiger partial charge in [0, 0.05) is 0 Å².